The number of aromatic nitrogens is 1. The summed E-state index contributed by atoms with van der Waals surface area (Å²) in [6.07, 6.45) is 0.0626. The van der Waals surface area contributed by atoms with Crippen LogP contribution in [0, 0.1) is 0 Å². The molecule has 0 radical (unpaired) electrons. The lowest BCUT2D eigenvalue weighted by Crippen LogP contribution is -2.14. The SMILES string of the molecule is CCOC(=O)c1ccc(NC(=O)Cc2cc(-c3cccc(OC)c3)on2)cc1. The van der Waals surface area contributed by atoms with Gasteiger partial charge in [-0.05, 0) is 43.3 Å². The number of carbonyl (C=O) groups is 2. The predicted molar refractivity (Wildman–Crippen MR) is 103 cm³/mol. The van der Waals surface area contributed by atoms with Gasteiger partial charge in [-0.25, -0.2) is 4.79 Å². The van der Waals surface area contributed by atoms with Crippen molar-refractivity contribution in [1.82, 2.24) is 5.16 Å². The number of esters is 1. The summed E-state index contributed by atoms with van der Waals surface area (Å²) < 4.78 is 15.5. The first-order chi connectivity index (χ1) is 13.6. The lowest BCUT2D eigenvalue weighted by Gasteiger charge is -2.05. The summed E-state index contributed by atoms with van der Waals surface area (Å²) in [5, 5.41) is 6.71. The molecule has 7 nitrogen and oxygen atoms in total. The molecular formula is C21H20N2O5. The van der Waals surface area contributed by atoms with E-state index in [1.807, 2.05) is 24.3 Å². The Morgan fingerprint density at radius 1 is 1.11 bits per heavy atom. The molecule has 1 N–H and O–H groups in total. The fourth-order valence-electron chi connectivity index (χ4n) is 2.58. The highest BCUT2D eigenvalue weighted by atomic mass is 16.5. The molecule has 0 atom stereocenters. The Kier molecular flexibility index (Phi) is 6.06. The van der Waals surface area contributed by atoms with E-state index in [0.717, 1.165) is 5.56 Å². The second-order valence-electron chi connectivity index (χ2n) is 5.94. The number of hydrogen-bond acceptors (Lipinski definition) is 6. The van der Waals surface area contributed by atoms with Gasteiger partial charge in [0.25, 0.3) is 0 Å². The van der Waals surface area contributed by atoms with Crippen LogP contribution in [0.4, 0.5) is 5.69 Å². The monoisotopic (exact) mass is 380 g/mol. The topological polar surface area (TPSA) is 90.7 Å². The van der Waals surface area contributed by atoms with Crippen molar-refractivity contribution in [2.24, 2.45) is 0 Å². The van der Waals surface area contributed by atoms with Crippen LogP contribution in [0.5, 0.6) is 5.75 Å². The van der Waals surface area contributed by atoms with Gasteiger partial charge in [-0.15, -0.1) is 0 Å². The van der Waals surface area contributed by atoms with Crippen molar-refractivity contribution in [3.63, 3.8) is 0 Å². The Balaban J connectivity index is 1.61. The first kappa shape index (κ1) is 19.2. The minimum atomic E-state index is -0.395. The molecule has 1 aromatic heterocycles. The highest BCUT2D eigenvalue weighted by Gasteiger charge is 2.12. The Morgan fingerprint density at radius 3 is 2.61 bits per heavy atom. The average Bonchev–Trinajstić information content (AvgIpc) is 3.17. The zero-order valence-corrected chi connectivity index (χ0v) is 15.6. The van der Waals surface area contributed by atoms with E-state index in [1.54, 1.807) is 44.4 Å². The predicted octanol–water partition coefficient (Wildman–Crippen LogP) is 3.71. The molecule has 0 fully saturated rings. The molecule has 0 saturated carbocycles. The van der Waals surface area contributed by atoms with E-state index in [2.05, 4.69) is 10.5 Å². The lowest BCUT2D eigenvalue weighted by atomic mass is 10.1. The van der Waals surface area contributed by atoms with Gasteiger partial charge in [0.1, 0.15) is 5.75 Å². The van der Waals surface area contributed by atoms with Gasteiger partial charge < -0.3 is 19.3 Å². The molecule has 1 amide bonds. The van der Waals surface area contributed by atoms with Crippen LogP contribution in [0.15, 0.2) is 59.1 Å². The number of hydrogen-bond donors (Lipinski definition) is 1. The van der Waals surface area contributed by atoms with E-state index in [4.69, 9.17) is 14.0 Å². The van der Waals surface area contributed by atoms with Crippen LogP contribution in [0.1, 0.15) is 23.0 Å². The maximum absolute atomic E-state index is 12.2. The molecule has 3 aromatic rings. The number of methoxy groups -OCH3 is 1. The van der Waals surface area contributed by atoms with E-state index < -0.39 is 5.97 Å². The number of benzene rings is 2. The standard InChI is InChI=1S/C21H20N2O5/c1-3-27-21(25)14-7-9-16(10-8-14)22-20(24)13-17-12-19(28-23-17)15-5-4-6-18(11-15)26-2/h4-12H,3,13H2,1-2H3,(H,22,24). The third kappa shape index (κ3) is 4.76. The summed E-state index contributed by atoms with van der Waals surface area (Å²) in [5.74, 6) is 0.627. The van der Waals surface area contributed by atoms with Gasteiger partial charge >= 0.3 is 5.97 Å². The third-order valence-corrected chi connectivity index (χ3v) is 3.93. The molecule has 0 spiro atoms. The number of carbonyl (C=O) groups excluding carboxylic acids is 2. The quantitative estimate of drug-likeness (QED) is 0.629. The van der Waals surface area contributed by atoms with Crippen molar-refractivity contribution >= 4 is 17.6 Å². The Labute approximate surface area is 162 Å². The molecular weight excluding hydrogens is 360 g/mol. The first-order valence-corrected chi connectivity index (χ1v) is 8.76. The van der Waals surface area contributed by atoms with E-state index >= 15 is 0 Å². The Morgan fingerprint density at radius 2 is 1.89 bits per heavy atom. The molecule has 0 unspecified atom stereocenters. The molecule has 0 aliphatic heterocycles. The maximum atomic E-state index is 12.2. The van der Waals surface area contributed by atoms with E-state index in [9.17, 15) is 9.59 Å². The number of ether oxygens (including phenoxy) is 2. The molecule has 7 heteroatoms. The largest absolute Gasteiger partial charge is 0.497 e. The van der Waals surface area contributed by atoms with Crippen molar-refractivity contribution in [3.8, 4) is 17.1 Å². The van der Waals surface area contributed by atoms with E-state index in [0.29, 0.717) is 35.1 Å². The molecule has 0 bridgehead atoms. The third-order valence-electron chi connectivity index (χ3n) is 3.93. The average molecular weight is 380 g/mol. The smallest absolute Gasteiger partial charge is 0.338 e. The van der Waals surface area contributed by atoms with Crippen molar-refractivity contribution < 1.29 is 23.6 Å². The molecule has 3 rings (SSSR count). The number of rotatable bonds is 7. The van der Waals surface area contributed by atoms with Crippen molar-refractivity contribution in [2.75, 3.05) is 19.0 Å². The second kappa shape index (κ2) is 8.85. The summed E-state index contributed by atoms with van der Waals surface area (Å²) in [6, 6.07) is 15.6. The fourth-order valence-corrected chi connectivity index (χ4v) is 2.58. The zero-order valence-electron chi connectivity index (χ0n) is 15.6. The highest BCUT2D eigenvalue weighted by molar-refractivity contribution is 5.93. The van der Waals surface area contributed by atoms with Crippen molar-refractivity contribution in [2.45, 2.75) is 13.3 Å². The van der Waals surface area contributed by atoms with Crippen molar-refractivity contribution in [1.29, 1.82) is 0 Å². The number of amides is 1. The summed E-state index contributed by atoms with van der Waals surface area (Å²) in [5.41, 5.74) is 2.33. The number of nitrogens with one attached hydrogen (secondary N) is 1. The van der Waals surface area contributed by atoms with E-state index in [-0.39, 0.29) is 12.3 Å². The molecule has 0 aliphatic carbocycles. The highest BCUT2D eigenvalue weighted by Crippen LogP contribution is 2.24. The van der Waals surface area contributed by atoms with Crippen LogP contribution in [0.2, 0.25) is 0 Å². The molecule has 28 heavy (non-hydrogen) atoms. The van der Waals surface area contributed by atoms with Gasteiger partial charge in [-0.3, -0.25) is 4.79 Å². The lowest BCUT2D eigenvalue weighted by molar-refractivity contribution is -0.115. The molecule has 0 aliphatic rings. The maximum Gasteiger partial charge on any atom is 0.338 e. The number of nitrogens with zero attached hydrogens (tertiary/aromatic N) is 1. The molecule has 0 saturated heterocycles. The van der Waals surface area contributed by atoms with Crippen LogP contribution in [-0.2, 0) is 16.0 Å². The van der Waals surface area contributed by atoms with Crippen LogP contribution in [0.25, 0.3) is 11.3 Å². The van der Waals surface area contributed by atoms with Gasteiger partial charge in [0.05, 0.1) is 31.4 Å². The normalized spacial score (nSPS) is 10.4. The molecule has 2 aromatic carbocycles. The summed E-state index contributed by atoms with van der Waals surface area (Å²) in [4.78, 5) is 23.9. The van der Waals surface area contributed by atoms with Gasteiger partial charge in [0.2, 0.25) is 5.91 Å². The van der Waals surface area contributed by atoms with Crippen LogP contribution in [-0.4, -0.2) is 30.7 Å². The van der Waals surface area contributed by atoms with Crippen molar-refractivity contribution in [3.05, 3.63) is 65.9 Å². The minimum Gasteiger partial charge on any atom is -0.497 e. The Hall–Kier alpha value is -3.61. The summed E-state index contributed by atoms with van der Waals surface area (Å²) >= 11 is 0. The van der Waals surface area contributed by atoms with Gasteiger partial charge in [-0.2, -0.15) is 0 Å². The van der Waals surface area contributed by atoms with Crippen LogP contribution in [0.3, 0.4) is 0 Å². The summed E-state index contributed by atoms with van der Waals surface area (Å²) in [7, 11) is 1.59. The zero-order chi connectivity index (χ0) is 19.9. The number of anilines is 1. The van der Waals surface area contributed by atoms with Crippen LogP contribution < -0.4 is 10.1 Å². The van der Waals surface area contributed by atoms with Gasteiger partial charge in [-0.1, -0.05) is 17.3 Å². The first-order valence-electron chi connectivity index (χ1n) is 8.76. The Bertz CT molecular complexity index is 963. The molecule has 144 valence electrons. The van der Waals surface area contributed by atoms with Gasteiger partial charge in [0.15, 0.2) is 5.76 Å². The summed E-state index contributed by atoms with van der Waals surface area (Å²) in [6.45, 7) is 2.06. The molecule has 1 heterocycles. The fraction of sp³-hybridized carbons (Fsp3) is 0.190. The minimum absolute atomic E-state index is 0.0626. The van der Waals surface area contributed by atoms with Gasteiger partial charge in [0, 0.05) is 17.3 Å². The van der Waals surface area contributed by atoms with E-state index in [1.165, 1.54) is 0 Å². The van der Waals surface area contributed by atoms with Crippen LogP contribution >= 0.6 is 0 Å². The second-order valence-corrected chi connectivity index (χ2v) is 5.94.